The molecule has 0 saturated carbocycles. The Morgan fingerprint density at radius 1 is 1.15 bits per heavy atom. The van der Waals surface area contributed by atoms with Gasteiger partial charge in [0.25, 0.3) is 0 Å². The normalized spacial score (nSPS) is 48.0. The Hall–Kier alpha value is -0.160. The zero-order valence-corrected chi connectivity index (χ0v) is 8.44. The number of fused-ring (bicyclic) bond motifs is 1. The van der Waals surface area contributed by atoms with Gasteiger partial charge in [-0.1, -0.05) is 0 Å². The van der Waals surface area contributed by atoms with Crippen molar-refractivity contribution in [2.75, 3.05) is 7.11 Å². The first kappa shape index (κ1) is 9.40. The Morgan fingerprint density at radius 2 is 1.77 bits per heavy atom. The highest BCUT2D eigenvalue weighted by molar-refractivity contribution is 4.93. The van der Waals surface area contributed by atoms with Crippen molar-refractivity contribution in [1.29, 1.82) is 0 Å². The van der Waals surface area contributed by atoms with Crippen molar-refractivity contribution in [3.05, 3.63) is 0 Å². The summed E-state index contributed by atoms with van der Waals surface area (Å²) in [5, 5.41) is 0. The second-order valence-electron chi connectivity index (χ2n) is 4.01. The highest BCUT2D eigenvalue weighted by Gasteiger charge is 2.53. The summed E-state index contributed by atoms with van der Waals surface area (Å²) >= 11 is 0. The van der Waals surface area contributed by atoms with Gasteiger partial charge in [-0.2, -0.15) is 0 Å². The SMILES string of the molecule is CO[C@@H]1OC(C)[C@H]2OC(C)(C)O[C@@H]12. The predicted molar refractivity (Wildman–Crippen MR) is 45.2 cm³/mol. The zero-order chi connectivity index (χ0) is 9.64. The summed E-state index contributed by atoms with van der Waals surface area (Å²) in [6, 6.07) is 0. The maximum Gasteiger partial charge on any atom is 0.186 e. The second kappa shape index (κ2) is 2.92. The minimum atomic E-state index is -0.510. The van der Waals surface area contributed by atoms with Gasteiger partial charge in [0, 0.05) is 7.11 Å². The van der Waals surface area contributed by atoms with Gasteiger partial charge in [0.2, 0.25) is 0 Å². The van der Waals surface area contributed by atoms with Crippen molar-refractivity contribution in [3.63, 3.8) is 0 Å². The van der Waals surface area contributed by atoms with Crippen molar-refractivity contribution in [3.8, 4) is 0 Å². The van der Waals surface area contributed by atoms with Crippen molar-refractivity contribution >= 4 is 0 Å². The summed E-state index contributed by atoms with van der Waals surface area (Å²) < 4.78 is 22.0. The highest BCUT2D eigenvalue weighted by Crippen LogP contribution is 2.38. The summed E-state index contributed by atoms with van der Waals surface area (Å²) in [6.45, 7) is 5.79. The summed E-state index contributed by atoms with van der Waals surface area (Å²) in [7, 11) is 1.62. The lowest BCUT2D eigenvalue weighted by Crippen LogP contribution is -2.30. The molecule has 0 N–H and O–H groups in total. The summed E-state index contributed by atoms with van der Waals surface area (Å²) in [5.41, 5.74) is 0. The molecule has 0 amide bonds. The first-order chi connectivity index (χ1) is 6.03. The molecule has 13 heavy (non-hydrogen) atoms. The van der Waals surface area contributed by atoms with Crippen LogP contribution in [0.4, 0.5) is 0 Å². The maximum atomic E-state index is 5.69. The van der Waals surface area contributed by atoms with Crippen LogP contribution in [0.5, 0.6) is 0 Å². The molecule has 2 rings (SSSR count). The molecule has 4 heteroatoms. The highest BCUT2D eigenvalue weighted by atomic mass is 16.8. The van der Waals surface area contributed by atoms with Crippen LogP contribution < -0.4 is 0 Å². The van der Waals surface area contributed by atoms with Gasteiger partial charge in [0.05, 0.1) is 6.10 Å². The van der Waals surface area contributed by atoms with Crippen LogP contribution >= 0.6 is 0 Å². The van der Waals surface area contributed by atoms with Crippen molar-refractivity contribution < 1.29 is 18.9 Å². The third-order valence-corrected chi connectivity index (χ3v) is 2.48. The van der Waals surface area contributed by atoms with E-state index in [0.717, 1.165) is 0 Å². The molecule has 76 valence electrons. The van der Waals surface area contributed by atoms with Crippen LogP contribution in [-0.4, -0.2) is 37.5 Å². The molecule has 2 saturated heterocycles. The molecule has 2 aliphatic rings. The lowest BCUT2D eigenvalue weighted by atomic mass is 10.2. The van der Waals surface area contributed by atoms with E-state index in [1.165, 1.54) is 0 Å². The van der Waals surface area contributed by atoms with E-state index >= 15 is 0 Å². The molecule has 1 unspecified atom stereocenters. The Kier molecular flexibility index (Phi) is 2.11. The minimum absolute atomic E-state index is 0.0000463. The summed E-state index contributed by atoms with van der Waals surface area (Å²) in [5.74, 6) is -0.510. The lowest BCUT2D eigenvalue weighted by Gasteiger charge is -2.22. The molecule has 2 heterocycles. The van der Waals surface area contributed by atoms with E-state index in [9.17, 15) is 0 Å². The molecule has 0 aromatic rings. The number of hydrogen-bond donors (Lipinski definition) is 0. The molecule has 2 fully saturated rings. The van der Waals surface area contributed by atoms with Gasteiger partial charge in [-0.3, -0.25) is 0 Å². The van der Waals surface area contributed by atoms with Gasteiger partial charge in [-0.15, -0.1) is 0 Å². The Bertz CT molecular complexity index is 204. The molecule has 0 radical (unpaired) electrons. The molecule has 0 aliphatic carbocycles. The monoisotopic (exact) mass is 188 g/mol. The molecule has 4 nitrogen and oxygen atoms in total. The van der Waals surface area contributed by atoms with Gasteiger partial charge in [-0.25, -0.2) is 0 Å². The average Bonchev–Trinajstić information content (AvgIpc) is 2.47. The molecule has 2 aliphatic heterocycles. The average molecular weight is 188 g/mol. The lowest BCUT2D eigenvalue weighted by molar-refractivity contribution is -0.224. The van der Waals surface area contributed by atoms with Crippen molar-refractivity contribution in [2.45, 2.75) is 51.2 Å². The number of hydrogen-bond acceptors (Lipinski definition) is 4. The molecule has 4 atom stereocenters. The predicted octanol–water partition coefficient (Wildman–Crippen LogP) is 0.898. The topological polar surface area (TPSA) is 36.9 Å². The number of ether oxygens (including phenoxy) is 4. The maximum absolute atomic E-state index is 5.69. The Balaban J connectivity index is 2.12. The van der Waals surface area contributed by atoms with E-state index in [4.69, 9.17) is 18.9 Å². The third-order valence-electron chi connectivity index (χ3n) is 2.48. The van der Waals surface area contributed by atoms with Crippen LogP contribution in [0.15, 0.2) is 0 Å². The van der Waals surface area contributed by atoms with E-state index in [0.29, 0.717) is 0 Å². The van der Waals surface area contributed by atoms with Crippen molar-refractivity contribution in [2.24, 2.45) is 0 Å². The van der Waals surface area contributed by atoms with E-state index in [1.807, 2.05) is 20.8 Å². The first-order valence-corrected chi connectivity index (χ1v) is 4.57. The minimum Gasteiger partial charge on any atom is -0.353 e. The largest absolute Gasteiger partial charge is 0.353 e. The molecular formula is C9H16O4. The molecular weight excluding hydrogens is 172 g/mol. The third kappa shape index (κ3) is 1.48. The Labute approximate surface area is 78.1 Å². The quantitative estimate of drug-likeness (QED) is 0.612. The fourth-order valence-electron chi connectivity index (χ4n) is 1.95. The fraction of sp³-hybridized carbons (Fsp3) is 1.00. The van der Waals surface area contributed by atoms with Gasteiger partial charge in [0.1, 0.15) is 12.2 Å². The van der Waals surface area contributed by atoms with Gasteiger partial charge >= 0.3 is 0 Å². The van der Waals surface area contributed by atoms with E-state index in [1.54, 1.807) is 7.11 Å². The van der Waals surface area contributed by atoms with E-state index < -0.39 is 5.79 Å². The first-order valence-electron chi connectivity index (χ1n) is 4.57. The van der Waals surface area contributed by atoms with Crippen LogP contribution in [-0.2, 0) is 18.9 Å². The summed E-state index contributed by atoms with van der Waals surface area (Å²) in [6.07, 6.45) is -0.339. The number of rotatable bonds is 1. The molecule has 0 spiro atoms. The zero-order valence-electron chi connectivity index (χ0n) is 8.44. The smallest absolute Gasteiger partial charge is 0.186 e. The van der Waals surface area contributed by atoms with E-state index in [2.05, 4.69) is 0 Å². The van der Waals surface area contributed by atoms with Crippen LogP contribution in [0.3, 0.4) is 0 Å². The van der Waals surface area contributed by atoms with Crippen LogP contribution in [0.25, 0.3) is 0 Å². The summed E-state index contributed by atoms with van der Waals surface area (Å²) in [4.78, 5) is 0. The second-order valence-corrected chi connectivity index (χ2v) is 4.01. The van der Waals surface area contributed by atoms with Gasteiger partial charge in [-0.05, 0) is 20.8 Å². The van der Waals surface area contributed by atoms with Crippen LogP contribution in [0.1, 0.15) is 20.8 Å². The van der Waals surface area contributed by atoms with Gasteiger partial charge < -0.3 is 18.9 Å². The van der Waals surface area contributed by atoms with Crippen LogP contribution in [0, 0.1) is 0 Å². The fourth-order valence-corrected chi connectivity index (χ4v) is 1.95. The van der Waals surface area contributed by atoms with Gasteiger partial charge in [0.15, 0.2) is 12.1 Å². The molecule has 0 aromatic carbocycles. The standard InChI is InChI=1S/C9H16O4/c1-5-6-7(8(10-4)11-5)13-9(2,3)12-6/h5-8H,1-4H3/t5?,6-,7-,8-/m1/s1. The van der Waals surface area contributed by atoms with Crippen LogP contribution in [0.2, 0.25) is 0 Å². The Morgan fingerprint density at radius 3 is 2.38 bits per heavy atom. The molecule has 0 aromatic heterocycles. The van der Waals surface area contributed by atoms with Crippen molar-refractivity contribution in [1.82, 2.24) is 0 Å². The number of methoxy groups -OCH3 is 1. The van der Waals surface area contributed by atoms with E-state index in [-0.39, 0.29) is 24.6 Å². The molecule has 0 bridgehead atoms.